The van der Waals surface area contributed by atoms with Gasteiger partial charge >= 0.3 is 5.97 Å². The molecule has 0 heterocycles. The smallest absolute Gasteiger partial charge is 0.307 e. The monoisotopic (exact) mass is 359 g/mol. The van der Waals surface area contributed by atoms with Crippen LogP contribution >= 0.6 is 0 Å². The summed E-state index contributed by atoms with van der Waals surface area (Å²) in [6, 6.07) is 4.33. The van der Waals surface area contributed by atoms with Crippen molar-refractivity contribution in [3.63, 3.8) is 0 Å². The van der Waals surface area contributed by atoms with Gasteiger partial charge in [-0.3, -0.25) is 9.59 Å². The molecule has 0 aromatic heterocycles. The Balaban J connectivity index is 2.40. The van der Waals surface area contributed by atoms with Crippen LogP contribution in [0, 0.1) is 5.82 Å². The maximum atomic E-state index is 12.8. The molecule has 6 nitrogen and oxygen atoms in total. The summed E-state index contributed by atoms with van der Waals surface area (Å²) in [5.41, 5.74) is 0. The molecule has 0 fully saturated rings. The molecular formula is C16H22FNO5S. The lowest BCUT2D eigenvalue weighted by molar-refractivity contribution is -0.148. The van der Waals surface area contributed by atoms with Crippen molar-refractivity contribution in [3.05, 3.63) is 30.1 Å². The molecule has 0 spiro atoms. The van der Waals surface area contributed by atoms with Crippen molar-refractivity contribution in [3.8, 4) is 0 Å². The number of ether oxygens (including phenoxy) is 1. The van der Waals surface area contributed by atoms with Gasteiger partial charge in [-0.2, -0.15) is 0 Å². The summed E-state index contributed by atoms with van der Waals surface area (Å²) in [7, 11) is -3.71. The highest BCUT2D eigenvalue weighted by Crippen LogP contribution is 2.13. The van der Waals surface area contributed by atoms with Crippen LogP contribution in [0.5, 0.6) is 0 Å². The Morgan fingerprint density at radius 1 is 1.25 bits per heavy atom. The Hall–Kier alpha value is -1.96. The Morgan fingerprint density at radius 3 is 2.46 bits per heavy atom. The van der Waals surface area contributed by atoms with Gasteiger partial charge < -0.3 is 10.1 Å². The lowest BCUT2D eigenvalue weighted by Gasteiger charge is -2.12. The van der Waals surface area contributed by atoms with Crippen LogP contribution < -0.4 is 5.32 Å². The minimum atomic E-state index is -3.71. The van der Waals surface area contributed by atoms with Gasteiger partial charge in [-0.05, 0) is 37.6 Å². The number of hydrogen-bond donors (Lipinski definition) is 1. The van der Waals surface area contributed by atoms with Crippen molar-refractivity contribution < 1.29 is 27.1 Å². The third kappa shape index (κ3) is 7.08. The average molecular weight is 359 g/mol. The Bertz CT molecular complexity index is 658. The first-order valence-corrected chi connectivity index (χ1v) is 9.33. The molecule has 24 heavy (non-hydrogen) atoms. The van der Waals surface area contributed by atoms with E-state index in [0.29, 0.717) is 0 Å². The first-order valence-electron chi connectivity index (χ1n) is 7.68. The average Bonchev–Trinajstić information content (AvgIpc) is 2.51. The van der Waals surface area contributed by atoms with E-state index in [2.05, 4.69) is 5.32 Å². The topological polar surface area (TPSA) is 89.5 Å². The molecule has 0 aliphatic rings. The largest absolute Gasteiger partial charge is 0.456 e. The summed E-state index contributed by atoms with van der Waals surface area (Å²) in [6.07, 6.45) is 1.36. The van der Waals surface area contributed by atoms with E-state index in [1.54, 1.807) is 0 Å². The van der Waals surface area contributed by atoms with E-state index in [4.69, 9.17) is 4.74 Å². The van der Waals surface area contributed by atoms with Gasteiger partial charge in [0.15, 0.2) is 16.4 Å². The van der Waals surface area contributed by atoms with Crippen molar-refractivity contribution in [1.82, 2.24) is 5.32 Å². The number of halogens is 1. The van der Waals surface area contributed by atoms with Gasteiger partial charge in [0.05, 0.1) is 17.1 Å². The van der Waals surface area contributed by atoms with Crippen LogP contribution in [-0.4, -0.2) is 38.7 Å². The molecular weight excluding hydrogens is 337 g/mol. The van der Waals surface area contributed by atoms with E-state index < -0.39 is 39.9 Å². The second-order valence-corrected chi connectivity index (χ2v) is 7.55. The van der Waals surface area contributed by atoms with Gasteiger partial charge in [0.25, 0.3) is 5.91 Å². The van der Waals surface area contributed by atoms with Gasteiger partial charge in [-0.25, -0.2) is 12.8 Å². The zero-order valence-electron chi connectivity index (χ0n) is 13.7. The summed E-state index contributed by atoms with van der Waals surface area (Å²) >= 11 is 0. The standard InChI is InChI=1S/C16H22FNO5S/c1-3-4-12(2)18-15(19)11-23-16(20)9-10-24(21,22)14-7-5-13(17)6-8-14/h5-8,12H,3-4,9-11H2,1-2H3,(H,18,19)/t12-/m1/s1. The molecule has 1 amide bonds. The molecule has 1 atom stereocenters. The fraction of sp³-hybridized carbons (Fsp3) is 0.500. The highest BCUT2D eigenvalue weighted by molar-refractivity contribution is 7.91. The molecule has 0 bridgehead atoms. The number of rotatable bonds is 9. The predicted octanol–water partition coefficient (Wildman–Crippen LogP) is 1.84. The second-order valence-electron chi connectivity index (χ2n) is 5.44. The Labute approximate surface area is 141 Å². The van der Waals surface area contributed by atoms with Crippen LogP contribution in [-0.2, 0) is 24.2 Å². The van der Waals surface area contributed by atoms with Gasteiger partial charge in [0.2, 0.25) is 0 Å². The van der Waals surface area contributed by atoms with Gasteiger partial charge in [0.1, 0.15) is 5.82 Å². The minimum absolute atomic E-state index is 0.0138. The zero-order chi connectivity index (χ0) is 18.2. The van der Waals surface area contributed by atoms with E-state index in [9.17, 15) is 22.4 Å². The molecule has 0 unspecified atom stereocenters. The molecule has 0 saturated heterocycles. The summed E-state index contributed by atoms with van der Waals surface area (Å²) in [5.74, 6) is -2.22. The number of hydrogen-bond acceptors (Lipinski definition) is 5. The third-order valence-electron chi connectivity index (χ3n) is 3.24. The van der Waals surface area contributed by atoms with Crippen molar-refractivity contribution >= 4 is 21.7 Å². The Kier molecular flexibility index (Phi) is 7.84. The number of benzene rings is 1. The maximum Gasteiger partial charge on any atom is 0.307 e. The van der Waals surface area contributed by atoms with Gasteiger partial charge in [-0.1, -0.05) is 13.3 Å². The van der Waals surface area contributed by atoms with Gasteiger partial charge in [0, 0.05) is 6.04 Å². The maximum absolute atomic E-state index is 12.8. The van der Waals surface area contributed by atoms with Crippen LogP contribution in [0.25, 0.3) is 0 Å². The molecule has 1 aromatic rings. The molecule has 0 radical (unpaired) electrons. The van der Waals surface area contributed by atoms with E-state index in [1.165, 1.54) is 0 Å². The first-order chi connectivity index (χ1) is 11.2. The highest BCUT2D eigenvalue weighted by atomic mass is 32.2. The van der Waals surface area contributed by atoms with Crippen molar-refractivity contribution in [2.75, 3.05) is 12.4 Å². The second kappa shape index (κ2) is 9.36. The first kappa shape index (κ1) is 20.1. The molecule has 1 rings (SSSR count). The lowest BCUT2D eigenvalue weighted by Crippen LogP contribution is -2.35. The fourth-order valence-corrected chi connectivity index (χ4v) is 3.24. The molecule has 0 aliphatic heterocycles. The fourth-order valence-electron chi connectivity index (χ4n) is 2.02. The molecule has 1 aromatic carbocycles. The number of carbonyl (C=O) groups is 2. The normalized spacial score (nSPS) is 12.5. The minimum Gasteiger partial charge on any atom is -0.456 e. The summed E-state index contributed by atoms with van der Waals surface area (Å²) in [5, 5.41) is 2.67. The quantitative estimate of drug-likeness (QED) is 0.537. The van der Waals surface area contributed by atoms with Crippen molar-refractivity contribution in [2.45, 2.75) is 44.0 Å². The molecule has 134 valence electrons. The van der Waals surface area contributed by atoms with E-state index >= 15 is 0 Å². The van der Waals surface area contributed by atoms with Crippen molar-refractivity contribution in [2.24, 2.45) is 0 Å². The van der Waals surface area contributed by atoms with E-state index in [1.807, 2.05) is 13.8 Å². The summed E-state index contributed by atoms with van der Waals surface area (Å²) in [6.45, 7) is 3.40. The van der Waals surface area contributed by atoms with Crippen LogP contribution in [0.2, 0.25) is 0 Å². The van der Waals surface area contributed by atoms with Crippen LogP contribution in [0.4, 0.5) is 4.39 Å². The van der Waals surface area contributed by atoms with Gasteiger partial charge in [-0.15, -0.1) is 0 Å². The number of nitrogens with one attached hydrogen (secondary N) is 1. The summed E-state index contributed by atoms with van der Waals surface area (Å²) in [4.78, 5) is 23.0. The molecule has 1 N–H and O–H groups in total. The number of esters is 1. The molecule has 8 heteroatoms. The van der Waals surface area contributed by atoms with Crippen LogP contribution in [0.1, 0.15) is 33.1 Å². The Morgan fingerprint density at radius 2 is 1.88 bits per heavy atom. The van der Waals surface area contributed by atoms with Crippen LogP contribution in [0.15, 0.2) is 29.2 Å². The summed E-state index contributed by atoms with van der Waals surface area (Å²) < 4.78 is 41.5. The zero-order valence-corrected chi connectivity index (χ0v) is 14.6. The van der Waals surface area contributed by atoms with E-state index in [0.717, 1.165) is 37.1 Å². The molecule has 0 saturated carbocycles. The number of amides is 1. The highest BCUT2D eigenvalue weighted by Gasteiger charge is 2.18. The third-order valence-corrected chi connectivity index (χ3v) is 4.97. The molecule has 0 aliphatic carbocycles. The number of carbonyl (C=O) groups excluding carboxylic acids is 2. The predicted molar refractivity (Wildman–Crippen MR) is 86.5 cm³/mol. The lowest BCUT2D eigenvalue weighted by atomic mass is 10.2. The van der Waals surface area contributed by atoms with Crippen molar-refractivity contribution in [1.29, 1.82) is 0 Å². The van der Waals surface area contributed by atoms with E-state index in [-0.39, 0.29) is 17.4 Å². The SMILES string of the molecule is CCC[C@@H](C)NC(=O)COC(=O)CCS(=O)(=O)c1ccc(F)cc1. The van der Waals surface area contributed by atoms with Crippen LogP contribution in [0.3, 0.4) is 0 Å². The number of sulfone groups is 1.